The van der Waals surface area contributed by atoms with Crippen LogP contribution in [0.3, 0.4) is 0 Å². The zero-order valence-corrected chi connectivity index (χ0v) is 17.4. The maximum atomic E-state index is 5.38. The molecule has 2 aromatic rings. The molecule has 1 N–H and O–H groups in total. The average Bonchev–Trinajstić information content (AvgIpc) is 3.18. The van der Waals surface area contributed by atoms with E-state index in [9.17, 15) is 0 Å². The van der Waals surface area contributed by atoms with Crippen molar-refractivity contribution in [3.8, 4) is 5.75 Å². The Balaban J connectivity index is 1.40. The molecule has 154 valence electrons. The number of benzene rings is 1. The highest BCUT2D eigenvalue weighted by molar-refractivity contribution is 5.33. The third-order valence-corrected chi connectivity index (χ3v) is 7.06. The first-order valence-electron chi connectivity index (χ1n) is 10.9. The molecule has 2 bridgehead atoms. The van der Waals surface area contributed by atoms with E-state index in [1.165, 1.54) is 37.1 Å². The van der Waals surface area contributed by atoms with E-state index >= 15 is 0 Å². The number of anilines is 1. The van der Waals surface area contributed by atoms with Crippen LogP contribution in [0.15, 0.2) is 36.7 Å². The second-order valence-electron chi connectivity index (χ2n) is 8.61. The van der Waals surface area contributed by atoms with Crippen LogP contribution in [0.5, 0.6) is 5.75 Å². The second kappa shape index (κ2) is 7.92. The van der Waals surface area contributed by atoms with Gasteiger partial charge in [-0.15, -0.1) is 0 Å². The topological polar surface area (TPSA) is 53.5 Å². The number of hydrogen-bond acceptors (Lipinski definition) is 6. The number of nitrogens with one attached hydrogen (secondary N) is 1. The maximum absolute atomic E-state index is 5.38. The van der Waals surface area contributed by atoms with Gasteiger partial charge in [0, 0.05) is 55.6 Å². The van der Waals surface area contributed by atoms with Crippen LogP contribution in [0.2, 0.25) is 0 Å². The summed E-state index contributed by atoms with van der Waals surface area (Å²) < 4.78 is 5.38. The molecule has 4 aliphatic heterocycles. The monoisotopic (exact) mass is 393 g/mol. The molecule has 29 heavy (non-hydrogen) atoms. The number of fused-ring (bicyclic) bond motifs is 2. The summed E-state index contributed by atoms with van der Waals surface area (Å²) in [4.78, 5) is 14.4. The van der Waals surface area contributed by atoms with Crippen LogP contribution in [-0.2, 0) is 6.54 Å². The summed E-state index contributed by atoms with van der Waals surface area (Å²) in [5.74, 6) is 3.02. The van der Waals surface area contributed by atoms with Gasteiger partial charge >= 0.3 is 0 Å². The maximum Gasteiger partial charge on any atom is 0.222 e. The van der Waals surface area contributed by atoms with Crippen molar-refractivity contribution in [2.24, 2.45) is 5.92 Å². The van der Waals surface area contributed by atoms with Crippen molar-refractivity contribution in [3.05, 3.63) is 47.8 Å². The molecule has 0 spiro atoms. The van der Waals surface area contributed by atoms with Gasteiger partial charge < -0.3 is 10.1 Å². The van der Waals surface area contributed by atoms with Crippen molar-refractivity contribution in [2.75, 3.05) is 38.6 Å². The van der Waals surface area contributed by atoms with Crippen molar-refractivity contribution in [2.45, 2.75) is 44.3 Å². The first-order chi connectivity index (χ1) is 14.3. The lowest BCUT2D eigenvalue weighted by molar-refractivity contribution is -0.00873. The Morgan fingerprint density at radius 3 is 2.45 bits per heavy atom. The molecule has 1 aromatic carbocycles. The SMILES string of the molecule is CCNc1ncc(CN2C[C@@H](c3ccc(OC)cc3)[C@@H]3[C@H]2C2CCN3CC2)cn1. The molecule has 0 radical (unpaired) electrons. The minimum Gasteiger partial charge on any atom is -0.497 e. The van der Waals surface area contributed by atoms with Crippen LogP contribution in [0.4, 0.5) is 5.95 Å². The molecule has 5 heterocycles. The van der Waals surface area contributed by atoms with Crippen LogP contribution in [-0.4, -0.2) is 65.1 Å². The molecule has 4 saturated heterocycles. The van der Waals surface area contributed by atoms with Crippen molar-refractivity contribution in [1.82, 2.24) is 19.8 Å². The Morgan fingerprint density at radius 1 is 1.07 bits per heavy atom. The first kappa shape index (κ1) is 18.8. The molecule has 4 fully saturated rings. The summed E-state index contributed by atoms with van der Waals surface area (Å²) in [5.41, 5.74) is 2.65. The van der Waals surface area contributed by atoms with E-state index in [1.807, 2.05) is 12.4 Å². The van der Waals surface area contributed by atoms with Gasteiger partial charge in [0.2, 0.25) is 5.95 Å². The Labute approximate surface area is 173 Å². The van der Waals surface area contributed by atoms with Crippen LogP contribution in [0.1, 0.15) is 36.8 Å². The molecule has 0 aliphatic carbocycles. The predicted molar refractivity (Wildman–Crippen MR) is 114 cm³/mol. The van der Waals surface area contributed by atoms with Gasteiger partial charge in [-0.05, 0) is 56.5 Å². The molecular formula is C23H31N5O. The average molecular weight is 394 g/mol. The molecule has 4 aliphatic rings. The third kappa shape index (κ3) is 3.49. The highest BCUT2D eigenvalue weighted by atomic mass is 16.5. The van der Waals surface area contributed by atoms with Crippen molar-refractivity contribution in [1.29, 1.82) is 0 Å². The van der Waals surface area contributed by atoms with Crippen LogP contribution in [0, 0.1) is 5.92 Å². The highest BCUT2D eigenvalue weighted by Crippen LogP contribution is 2.47. The number of hydrogen-bond donors (Lipinski definition) is 1. The lowest BCUT2D eigenvalue weighted by atomic mass is 9.75. The Hall–Kier alpha value is -2.18. The molecule has 3 atom stereocenters. The molecule has 6 rings (SSSR count). The fraction of sp³-hybridized carbons (Fsp3) is 0.565. The van der Waals surface area contributed by atoms with E-state index in [4.69, 9.17) is 4.74 Å². The van der Waals surface area contributed by atoms with E-state index in [0.717, 1.165) is 37.3 Å². The smallest absolute Gasteiger partial charge is 0.222 e. The Kier molecular flexibility index (Phi) is 5.14. The lowest BCUT2D eigenvalue weighted by Gasteiger charge is -2.51. The summed E-state index contributed by atoms with van der Waals surface area (Å²) in [6.07, 6.45) is 6.65. The number of methoxy groups -OCH3 is 1. The summed E-state index contributed by atoms with van der Waals surface area (Å²) in [7, 11) is 1.73. The van der Waals surface area contributed by atoms with Gasteiger partial charge in [-0.3, -0.25) is 9.80 Å². The number of ether oxygens (including phenoxy) is 1. The van der Waals surface area contributed by atoms with E-state index in [2.05, 4.69) is 56.3 Å². The van der Waals surface area contributed by atoms with Crippen molar-refractivity contribution < 1.29 is 4.74 Å². The summed E-state index contributed by atoms with van der Waals surface area (Å²) in [6, 6.07) is 10.0. The predicted octanol–water partition coefficient (Wildman–Crippen LogP) is 2.98. The minimum absolute atomic E-state index is 0.552. The van der Waals surface area contributed by atoms with Gasteiger partial charge in [0.15, 0.2) is 0 Å². The zero-order valence-electron chi connectivity index (χ0n) is 17.4. The van der Waals surface area contributed by atoms with Gasteiger partial charge in [0.1, 0.15) is 5.75 Å². The fourth-order valence-corrected chi connectivity index (χ4v) is 5.79. The molecule has 0 unspecified atom stereocenters. The van der Waals surface area contributed by atoms with Gasteiger partial charge in [0.25, 0.3) is 0 Å². The number of piperidine rings is 3. The van der Waals surface area contributed by atoms with Gasteiger partial charge in [-0.25, -0.2) is 9.97 Å². The lowest BCUT2D eigenvalue weighted by Crippen LogP contribution is -2.59. The van der Waals surface area contributed by atoms with Gasteiger partial charge in [-0.2, -0.15) is 0 Å². The number of likely N-dealkylation sites (tertiary alicyclic amines) is 1. The molecule has 0 amide bonds. The van der Waals surface area contributed by atoms with Crippen molar-refractivity contribution >= 4 is 5.95 Å². The molecular weight excluding hydrogens is 362 g/mol. The molecule has 1 aromatic heterocycles. The Bertz CT molecular complexity index is 816. The van der Waals surface area contributed by atoms with E-state index < -0.39 is 0 Å². The zero-order chi connectivity index (χ0) is 19.8. The molecule has 6 nitrogen and oxygen atoms in total. The van der Waals surface area contributed by atoms with Crippen LogP contribution < -0.4 is 10.1 Å². The molecule has 6 heteroatoms. The van der Waals surface area contributed by atoms with Gasteiger partial charge in [-0.1, -0.05) is 12.1 Å². The van der Waals surface area contributed by atoms with E-state index in [0.29, 0.717) is 18.0 Å². The number of aromatic nitrogens is 2. The van der Waals surface area contributed by atoms with Crippen LogP contribution in [0.25, 0.3) is 0 Å². The van der Waals surface area contributed by atoms with Gasteiger partial charge in [0.05, 0.1) is 7.11 Å². The third-order valence-electron chi connectivity index (χ3n) is 7.06. The number of rotatable bonds is 6. The van der Waals surface area contributed by atoms with E-state index in [1.54, 1.807) is 7.11 Å². The van der Waals surface area contributed by atoms with E-state index in [-0.39, 0.29) is 0 Å². The normalized spacial score (nSPS) is 30.9. The summed E-state index contributed by atoms with van der Waals surface area (Å²) in [6.45, 7) is 7.46. The highest BCUT2D eigenvalue weighted by Gasteiger charge is 2.53. The van der Waals surface area contributed by atoms with Crippen LogP contribution >= 0.6 is 0 Å². The molecule has 0 saturated carbocycles. The summed E-state index contributed by atoms with van der Waals surface area (Å²) in [5, 5.41) is 3.18. The Morgan fingerprint density at radius 2 is 1.79 bits per heavy atom. The summed E-state index contributed by atoms with van der Waals surface area (Å²) >= 11 is 0. The first-order valence-corrected chi connectivity index (χ1v) is 10.9. The second-order valence-corrected chi connectivity index (χ2v) is 8.61. The minimum atomic E-state index is 0.552. The standard InChI is InChI=1S/C23H31N5O/c1-3-24-23-25-12-16(13-26-23)14-28-15-20(17-4-6-19(29-2)7-5-17)22-21(28)18-8-10-27(22)11-9-18/h4-7,12-13,18,20-22H,3,8-11,14-15H2,1-2H3,(H,24,25,26)/t20-,21+,22+/m0/s1. The largest absolute Gasteiger partial charge is 0.497 e. The fourth-order valence-electron chi connectivity index (χ4n) is 5.79. The quantitative estimate of drug-likeness (QED) is 0.814. The number of nitrogens with zero attached hydrogens (tertiary/aromatic N) is 4. The van der Waals surface area contributed by atoms with Crippen molar-refractivity contribution in [3.63, 3.8) is 0 Å².